The lowest BCUT2D eigenvalue weighted by Gasteiger charge is -2.11. The number of aryl methyl sites for hydroxylation is 1. The zero-order valence-corrected chi connectivity index (χ0v) is 21.9. The third-order valence-electron chi connectivity index (χ3n) is 6.81. The van der Waals surface area contributed by atoms with Crippen molar-refractivity contribution in [2.24, 2.45) is 0 Å². The van der Waals surface area contributed by atoms with Crippen molar-refractivity contribution in [3.63, 3.8) is 0 Å². The molecule has 3 heteroatoms. The minimum atomic E-state index is -1.59. The number of thiol groups is 1. The Morgan fingerprint density at radius 1 is 0.686 bits per heavy atom. The first kappa shape index (κ1) is 25.6. The number of fused-ring (bicyclic) bond motifs is 1. The Kier molecular flexibility index (Phi) is 9.92. The van der Waals surface area contributed by atoms with E-state index >= 15 is 0 Å². The topological polar surface area (TPSA) is 29.1 Å². The van der Waals surface area contributed by atoms with Gasteiger partial charge >= 0.3 is 0 Å². The number of unbranched alkanes of at least 4 members (excludes halogenated alkanes) is 9. The van der Waals surface area contributed by atoms with Gasteiger partial charge in [0.25, 0.3) is 0 Å². The molecule has 1 atom stereocenters. The van der Waals surface area contributed by atoms with E-state index in [-0.39, 0.29) is 0 Å². The second-order valence-electron chi connectivity index (χ2n) is 9.60. The summed E-state index contributed by atoms with van der Waals surface area (Å²) in [6, 6.07) is 24.8. The molecule has 1 aliphatic rings. The molecule has 3 aromatic rings. The normalized spacial score (nSPS) is 15.6. The first-order valence-corrected chi connectivity index (χ1v) is 14.7. The van der Waals surface area contributed by atoms with Crippen LogP contribution in [-0.2, 0) is 11.0 Å². The lowest BCUT2D eigenvalue weighted by molar-refractivity contribution is 0.515. The van der Waals surface area contributed by atoms with Gasteiger partial charge in [-0.15, -0.1) is 0 Å². The summed E-state index contributed by atoms with van der Waals surface area (Å²) in [5.41, 5.74) is 4.60. The molecule has 0 spiro atoms. The standard InChI is InChI=1S/C32H39O2S/c1-2-3-4-5-6-7-8-9-10-12-15-26-18-20-27(21-19-26)28-22-23-30-31(25-35(33)32(30)24-28)34-29-16-13-11-14-17-29/h11,13-14,16-25,35H,2-10,12,15H2,1H3. The Labute approximate surface area is 214 Å². The highest BCUT2D eigenvalue weighted by molar-refractivity contribution is 8.15. The molecule has 0 aromatic heterocycles. The fourth-order valence-electron chi connectivity index (χ4n) is 4.72. The Balaban J connectivity index is 1.24. The molecule has 3 aromatic carbocycles. The van der Waals surface area contributed by atoms with Crippen LogP contribution in [0.2, 0.25) is 0 Å². The maximum atomic E-state index is 12.8. The molecule has 4 rings (SSSR count). The van der Waals surface area contributed by atoms with E-state index in [0.29, 0.717) is 5.76 Å². The van der Waals surface area contributed by atoms with Gasteiger partial charge in [0.2, 0.25) is 0 Å². The summed E-state index contributed by atoms with van der Waals surface area (Å²) < 4.78 is 18.8. The number of rotatable bonds is 14. The third kappa shape index (κ3) is 7.49. The summed E-state index contributed by atoms with van der Waals surface area (Å²) in [4.78, 5) is 0.859. The molecule has 35 heavy (non-hydrogen) atoms. The summed E-state index contributed by atoms with van der Waals surface area (Å²) in [6.45, 7) is 2.28. The predicted octanol–water partition coefficient (Wildman–Crippen LogP) is 9.91. The van der Waals surface area contributed by atoms with Crippen LogP contribution in [0.4, 0.5) is 0 Å². The summed E-state index contributed by atoms with van der Waals surface area (Å²) in [5, 5.41) is 1.74. The van der Waals surface area contributed by atoms with Crippen LogP contribution in [0.5, 0.6) is 5.75 Å². The molecule has 1 radical (unpaired) electrons. The maximum absolute atomic E-state index is 12.8. The molecule has 0 bridgehead atoms. The van der Waals surface area contributed by atoms with Gasteiger partial charge in [0.05, 0.1) is 0 Å². The quantitative estimate of drug-likeness (QED) is 0.178. The van der Waals surface area contributed by atoms with Crippen LogP contribution in [0, 0.1) is 0 Å². The van der Waals surface area contributed by atoms with Crippen LogP contribution in [-0.4, -0.2) is 0 Å². The Bertz CT molecular complexity index is 1070. The average Bonchev–Trinajstić information content (AvgIpc) is 3.20. The number of para-hydroxylation sites is 1. The minimum Gasteiger partial charge on any atom is -0.456 e. The van der Waals surface area contributed by atoms with Crippen molar-refractivity contribution < 1.29 is 9.29 Å². The van der Waals surface area contributed by atoms with Gasteiger partial charge in [0.1, 0.15) is 11.5 Å². The van der Waals surface area contributed by atoms with Crippen molar-refractivity contribution >= 4 is 16.9 Å². The van der Waals surface area contributed by atoms with E-state index in [1.54, 1.807) is 5.41 Å². The molecule has 0 saturated carbocycles. The minimum absolute atomic E-state index is 0.686. The second-order valence-corrected chi connectivity index (χ2v) is 11.0. The number of benzene rings is 3. The van der Waals surface area contributed by atoms with E-state index in [9.17, 15) is 4.55 Å². The van der Waals surface area contributed by atoms with E-state index in [1.807, 2.05) is 36.4 Å². The first-order valence-electron chi connectivity index (χ1n) is 13.4. The fourth-order valence-corrected chi connectivity index (χ4v) is 5.96. The Hall–Kier alpha value is -2.49. The largest absolute Gasteiger partial charge is 0.456 e. The SMILES string of the molecule is CCCCCCCCCCCCc1ccc(-c2ccc3c(c2)[SH]([O])C=C3Oc2ccccc2)cc1. The zero-order chi connectivity index (χ0) is 24.3. The lowest BCUT2D eigenvalue weighted by Crippen LogP contribution is -1.93. The van der Waals surface area contributed by atoms with Crippen LogP contribution >= 0.6 is 11.2 Å². The molecule has 0 N–H and O–H groups in total. The molecular formula is C32H39O2S. The molecule has 185 valence electrons. The summed E-state index contributed by atoms with van der Waals surface area (Å²) in [7, 11) is 0. The monoisotopic (exact) mass is 487 g/mol. The Morgan fingerprint density at radius 3 is 2.00 bits per heavy atom. The van der Waals surface area contributed by atoms with Crippen molar-refractivity contribution in [1.29, 1.82) is 0 Å². The summed E-state index contributed by atoms with van der Waals surface area (Å²) in [6.07, 6.45) is 14.9. The van der Waals surface area contributed by atoms with Crippen LogP contribution < -0.4 is 4.74 Å². The average molecular weight is 488 g/mol. The predicted molar refractivity (Wildman–Crippen MR) is 150 cm³/mol. The van der Waals surface area contributed by atoms with E-state index in [2.05, 4.69) is 43.3 Å². The van der Waals surface area contributed by atoms with Crippen LogP contribution in [0.15, 0.2) is 83.1 Å². The van der Waals surface area contributed by atoms with Crippen molar-refractivity contribution in [1.82, 2.24) is 0 Å². The fraction of sp³-hybridized carbons (Fsp3) is 0.375. The van der Waals surface area contributed by atoms with Gasteiger partial charge < -0.3 is 4.74 Å². The highest BCUT2D eigenvalue weighted by atomic mass is 32.2. The van der Waals surface area contributed by atoms with Gasteiger partial charge in [0, 0.05) is 15.9 Å². The van der Waals surface area contributed by atoms with E-state index in [4.69, 9.17) is 4.74 Å². The second kappa shape index (κ2) is 13.6. The van der Waals surface area contributed by atoms with E-state index in [1.165, 1.54) is 75.3 Å². The van der Waals surface area contributed by atoms with Gasteiger partial charge in [-0.05, 0) is 53.8 Å². The van der Waals surface area contributed by atoms with Crippen molar-refractivity contribution in [3.8, 4) is 16.9 Å². The van der Waals surface area contributed by atoms with Crippen LogP contribution in [0.3, 0.4) is 0 Å². The van der Waals surface area contributed by atoms with E-state index < -0.39 is 11.2 Å². The zero-order valence-electron chi connectivity index (χ0n) is 21.0. The molecule has 1 heterocycles. The smallest absolute Gasteiger partial charge is 0.142 e. The van der Waals surface area contributed by atoms with Crippen molar-refractivity contribution in [2.45, 2.75) is 82.4 Å². The number of ether oxygens (including phenoxy) is 1. The lowest BCUT2D eigenvalue weighted by atomic mass is 9.99. The van der Waals surface area contributed by atoms with Gasteiger partial charge in [-0.3, -0.25) is 0 Å². The molecule has 1 unspecified atom stereocenters. The van der Waals surface area contributed by atoms with Crippen LogP contribution in [0.1, 0.15) is 82.3 Å². The highest BCUT2D eigenvalue weighted by Gasteiger charge is 2.23. The van der Waals surface area contributed by atoms with Crippen LogP contribution in [0.25, 0.3) is 16.9 Å². The Morgan fingerprint density at radius 2 is 1.31 bits per heavy atom. The summed E-state index contributed by atoms with van der Waals surface area (Å²) in [5.74, 6) is 1.45. The molecule has 0 fully saturated rings. The molecule has 0 amide bonds. The molecule has 0 aliphatic carbocycles. The van der Waals surface area contributed by atoms with E-state index in [0.717, 1.165) is 28.2 Å². The van der Waals surface area contributed by atoms with Gasteiger partial charge in [-0.25, -0.2) is 0 Å². The van der Waals surface area contributed by atoms with Gasteiger partial charge in [0.15, 0.2) is 0 Å². The molecule has 0 saturated heterocycles. The van der Waals surface area contributed by atoms with Gasteiger partial charge in [-0.1, -0.05) is 124 Å². The first-order chi connectivity index (χ1) is 17.2. The molecule has 1 aliphatic heterocycles. The number of hydrogen-bond acceptors (Lipinski definition) is 1. The third-order valence-corrected chi connectivity index (χ3v) is 8.13. The molecular weight excluding hydrogens is 448 g/mol. The van der Waals surface area contributed by atoms with Crippen molar-refractivity contribution in [3.05, 3.63) is 89.3 Å². The van der Waals surface area contributed by atoms with Gasteiger partial charge in [-0.2, -0.15) is 4.55 Å². The van der Waals surface area contributed by atoms with Crippen molar-refractivity contribution in [2.75, 3.05) is 0 Å². The maximum Gasteiger partial charge on any atom is 0.142 e. The summed E-state index contributed by atoms with van der Waals surface area (Å²) >= 11 is -1.59. The number of hydrogen-bond donors (Lipinski definition) is 1. The molecule has 2 nitrogen and oxygen atoms in total. The highest BCUT2D eigenvalue weighted by Crippen LogP contribution is 2.49.